The molecule has 1 aliphatic rings. The molecule has 1 saturated heterocycles. The van der Waals surface area contributed by atoms with Crippen LogP contribution in [0.3, 0.4) is 0 Å². The minimum absolute atomic E-state index is 0.385. The molecule has 0 saturated carbocycles. The normalized spacial score (nSPS) is 19.6. The molecule has 3 rings (SSSR count). The van der Waals surface area contributed by atoms with Crippen molar-refractivity contribution in [3.05, 3.63) is 42.7 Å². The Morgan fingerprint density at radius 1 is 1.20 bits per heavy atom. The number of hydrogen-bond acceptors (Lipinski definition) is 6. The van der Waals surface area contributed by atoms with E-state index in [4.69, 9.17) is 4.74 Å². The first kappa shape index (κ1) is 12.9. The van der Waals surface area contributed by atoms with Crippen molar-refractivity contribution in [3.8, 4) is 0 Å². The van der Waals surface area contributed by atoms with Gasteiger partial charge in [0.2, 0.25) is 5.95 Å². The van der Waals surface area contributed by atoms with Crippen LogP contribution in [0.2, 0.25) is 0 Å². The summed E-state index contributed by atoms with van der Waals surface area (Å²) in [6, 6.07) is 3.78. The summed E-state index contributed by atoms with van der Waals surface area (Å²) >= 11 is 0. The summed E-state index contributed by atoms with van der Waals surface area (Å²) in [5.74, 6) is 1.15. The van der Waals surface area contributed by atoms with Gasteiger partial charge in [-0.1, -0.05) is 0 Å². The summed E-state index contributed by atoms with van der Waals surface area (Å²) in [5, 5.41) is 0. The standard InChI is InChI=1S/C14H17N5O/c1-3-16-14(17-4-1)19-6-7-20-10-12(9-19)8-13-2-5-15-11-18-13/h1-5,11-12H,6-10H2/t12-/m0/s1. The average Bonchev–Trinajstić information content (AvgIpc) is 2.75. The first-order chi connectivity index (χ1) is 9.92. The fourth-order valence-corrected chi connectivity index (χ4v) is 2.37. The van der Waals surface area contributed by atoms with E-state index in [1.165, 1.54) is 0 Å². The number of nitrogens with zero attached hydrogens (tertiary/aromatic N) is 5. The van der Waals surface area contributed by atoms with Gasteiger partial charge in [0.15, 0.2) is 0 Å². The molecule has 0 aliphatic carbocycles. The highest BCUT2D eigenvalue weighted by Gasteiger charge is 2.21. The summed E-state index contributed by atoms with van der Waals surface area (Å²) in [6.45, 7) is 3.16. The lowest BCUT2D eigenvalue weighted by Crippen LogP contribution is -2.32. The Balaban J connectivity index is 1.69. The van der Waals surface area contributed by atoms with Crippen molar-refractivity contribution in [2.24, 2.45) is 5.92 Å². The zero-order valence-electron chi connectivity index (χ0n) is 11.2. The zero-order chi connectivity index (χ0) is 13.6. The molecule has 3 heterocycles. The van der Waals surface area contributed by atoms with E-state index < -0.39 is 0 Å². The Morgan fingerprint density at radius 2 is 2.10 bits per heavy atom. The van der Waals surface area contributed by atoms with Gasteiger partial charge < -0.3 is 9.64 Å². The smallest absolute Gasteiger partial charge is 0.225 e. The maximum atomic E-state index is 5.69. The van der Waals surface area contributed by atoms with Gasteiger partial charge in [-0.3, -0.25) is 0 Å². The van der Waals surface area contributed by atoms with E-state index in [2.05, 4.69) is 24.8 Å². The molecular formula is C14H17N5O. The quantitative estimate of drug-likeness (QED) is 0.828. The van der Waals surface area contributed by atoms with Gasteiger partial charge in [-0.15, -0.1) is 0 Å². The summed E-state index contributed by atoms with van der Waals surface area (Å²) < 4.78 is 5.69. The van der Waals surface area contributed by atoms with Crippen LogP contribution in [0.4, 0.5) is 5.95 Å². The third kappa shape index (κ3) is 3.27. The molecule has 0 unspecified atom stereocenters. The van der Waals surface area contributed by atoms with Gasteiger partial charge >= 0.3 is 0 Å². The molecule has 6 nitrogen and oxygen atoms in total. The van der Waals surface area contributed by atoms with Gasteiger partial charge in [0.25, 0.3) is 0 Å². The minimum atomic E-state index is 0.385. The van der Waals surface area contributed by atoms with E-state index in [1.54, 1.807) is 24.9 Å². The van der Waals surface area contributed by atoms with Crippen LogP contribution < -0.4 is 4.90 Å². The fraction of sp³-hybridized carbons (Fsp3) is 0.429. The maximum Gasteiger partial charge on any atom is 0.225 e. The molecule has 0 N–H and O–H groups in total. The molecule has 20 heavy (non-hydrogen) atoms. The number of ether oxygens (including phenoxy) is 1. The topological polar surface area (TPSA) is 64.0 Å². The maximum absolute atomic E-state index is 5.69. The lowest BCUT2D eigenvalue weighted by atomic mass is 10.0. The molecular weight excluding hydrogens is 254 g/mol. The Morgan fingerprint density at radius 3 is 2.90 bits per heavy atom. The van der Waals surface area contributed by atoms with Gasteiger partial charge in [0.05, 0.1) is 13.2 Å². The third-order valence-electron chi connectivity index (χ3n) is 3.31. The van der Waals surface area contributed by atoms with Gasteiger partial charge in [0, 0.05) is 43.3 Å². The number of anilines is 1. The minimum Gasteiger partial charge on any atom is -0.379 e. The molecule has 1 aliphatic heterocycles. The number of rotatable bonds is 3. The van der Waals surface area contributed by atoms with Crippen molar-refractivity contribution in [2.45, 2.75) is 6.42 Å². The molecule has 1 fully saturated rings. The lowest BCUT2D eigenvalue weighted by molar-refractivity contribution is 0.123. The molecule has 2 aromatic heterocycles. The molecule has 104 valence electrons. The molecule has 0 bridgehead atoms. The molecule has 2 aromatic rings. The summed E-state index contributed by atoms with van der Waals surface area (Å²) in [6.07, 6.45) is 7.79. The number of hydrogen-bond donors (Lipinski definition) is 0. The van der Waals surface area contributed by atoms with Crippen molar-refractivity contribution in [3.63, 3.8) is 0 Å². The van der Waals surface area contributed by atoms with E-state index >= 15 is 0 Å². The van der Waals surface area contributed by atoms with Crippen molar-refractivity contribution < 1.29 is 4.74 Å². The second kappa shape index (κ2) is 6.38. The van der Waals surface area contributed by atoms with Crippen LogP contribution in [0, 0.1) is 5.92 Å². The molecule has 0 spiro atoms. The summed E-state index contributed by atoms with van der Waals surface area (Å²) in [4.78, 5) is 19.0. The van der Waals surface area contributed by atoms with E-state index in [0.29, 0.717) is 12.5 Å². The monoisotopic (exact) mass is 271 g/mol. The van der Waals surface area contributed by atoms with E-state index in [0.717, 1.165) is 37.8 Å². The van der Waals surface area contributed by atoms with Crippen LogP contribution in [0.15, 0.2) is 37.1 Å². The molecule has 1 atom stereocenters. The zero-order valence-corrected chi connectivity index (χ0v) is 11.2. The van der Waals surface area contributed by atoms with Crippen LogP contribution in [0.1, 0.15) is 5.69 Å². The molecule has 0 amide bonds. The Labute approximate surface area is 117 Å². The van der Waals surface area contributed by atoms with E-state index in [-0.39, 0.29) is 0 Å². The summed E-state index contributed by atoms with van der Waals surface area (Å²) in [7, 11) is 0. The van der Waals surface area contributed by atoms with Crippen LogP contribution in [-0.2, 0) is 11.2 Å². The Hall–Kier alpha value is -2.08. The van der Waals surface area contributed by atoms with Gasteiger partial charge in [-0.2, -0.15) is 0 Å². The average molecular weight is 271 g/mol. The third-order valence-corrected chi connectivity index (χ3v) is 3.31. The lowest BCUT2D eigenvalue weighted by Gasteiger charge is -2.23. The highest BCUT2D eigenvalue weighted by atomic mass is 16.5. The van der Waals surface area contributed by atoms with Crippen LogP contribution in [0.5, 0.6) is 0 Å². The van der Waals surface area contributed by atoms with Gasteiger partial charge in [-0.25, -0.2) is 19.9 Å². The fourth-order valence-electron chi connectivity index (χ4n) is 2.37. The highest BCUT2D eigenvalue weighted by Crippen LogP contribution is 2.15. The van der Waals surface area contributed by atoms with Crippen LogP contribution in [0.25, 0.3) is 0 Å². The van der Waals surface area contributed by atoms with Crippen molar-refractivity contribution in [2.75, 3.05) is 31.2 Å². The first-order valence-electron chi connectivity index (χ1n) is 6.76. The largest absolute Gasteiger partial charge is 0.379 e. The van der Waals surface area contributed by atoms with Gasteiger partial charge in [-0.05, 0) is 18.6 Å². The van der Waals surface area contributed by atoms with E-state index in [9.17, 15) is 0 Å². The van der Waals surface area contributed by atoms with Gasteiger partial charge in [0.1, 0.15) is 6.33 Å². The second-order valence-corrected chi connectivity index (χ2v) is 4.84. The predicted molar refractivity (Wildman–Crippen MR) is 74.3 cm³/mol. The second-order valence-electron chi connectivity index (χ2n) is 4.84. The molecule has 0 radical (unpaired) electrons. The SMILES string of the molecule is c1cnc(N2CCOC[C@@H](Cc3ccncn3)C2)nc1. The van der Waals surface area contributed by atoms with E-state index in [1.807, 2.05) is 12.1 Å². The highest BCUT2D eigenvalue weighted by molar-refractivity contribution is 5.28. The Kier molecular flexibility index (Phi) is 4.13. The first-order valence-corrected chi connectivity index (χ1v) is 6.76. The van der Waals surface area contributed by atoms with Crippen molar-refractivity contribution in [1.82, 2.24) is 19.9 Å². The molecule has 0 aromatic carbocycles. The predicted octanol–water partition coefficient (Wildman–Crippen LogP) is 0.962. The van der Waals surface area contributed by atoms with Crippen molar-refractivity contribution in [1.29, 1.82) is 0 Å². The Bertz CT molecular complexity index is 522. The van der Waals surface area contributed by atoms with Crippen LogP contribution >= 0.6 is 0 Å². The van der Waals surface area contributed by atoms with Crippen LogP contribution in [-0.4, -0.2) is 46.2 Å². The summed E-state index contributed by atoms with van der Waals surface area (Å²) in [5.41, 5.74) is 1.05. The number of aromatic nitrogens is 4. The molecule has 6 heteroatoms. The van der Waals surface area contributed by atoms with Crippen molar-refractivity contribution >= 4 is 5.95 Å².